The fourth-order valence-electron chi connectivity index (χ4n) is 0.882. The fraction of sp³-hybridized carbons (Fsp3) is 0.250. The molecular formula is C8H8BrF2N. The van der Waals surface area contributed by atoms with Crippen molar-refractivity contribution in [3.8, 4) is 0 Å². The van der Waals surface area contributed by atoms with Crippen LogP contribution in [-0.4, -0.2) is 6.67 Å². The van der Waals surface area contributed by atoms with Crippen LogP contribution in [0.2, 0.25) is 0 Å². The first-order valence-electron chi connectivity index (χ1n) is 3.41. The Hall–Kier alpha value is -0.480. The van der Waals surface area contributed by atoms with Gasteiger partial charge < -0.3 is 5.73 Å². The van der Waals surface area contributed by atoms with Crippen molar-refractivity contribution in [2.24, 2.45) is 5.73 Å². The zero-order valence-electron chi connectivity index (χ0n) is 6.23. The molecule has 1 aromatic carbocycles. The third-order valence-electron chi connectivity index (χ3n) is 1.52. The van der Waals surface area contributed by atoms with Crippen molar-refractivity contribution in [1.82, 2.24) is 0 Å². The Morgan fingerprint density at radius 3 is 2.75 bits per heavy atom. The number of halogens is 3. The van der Waals surface area contributed by atoms with Crippen LogP contribution in [0.3, 0.4) is 0 Å². The topological polar surface area (TPSA) is 26.0 Å². The zero-order chi connectivity index (χ0) is 9.14. The lowest BCUT2D eigenvalue weighted by Gasteiger charge is -2.09. The molecule has 0 amide bonds. The van der Waals surface area contributed by atoms with Gasteiger partial charge in [-0.15, -0.1) is 0 Å². The highest BCUT2D eigenvalue weighted by Gasteiger charge is 2.09. The molecule has 0 aliphatic carbocycles. The molecule has 0 heterocycles. The molecule has 1 rings (SSSR count). The summed E-state index contributed by atoms with van der Waals surface area (Å²) in [4.78, 5) is 0. The predicted molar refractivity (Wildman–Crippen MR) is 47.0 cm³/mol. The van der Waals surface area contributed by atoms with Gasteiger partial charge >= 0.3 is 0 Å². The molecule has 0 aliphatic rings. The Labute approximate surface area is 77.7 Å². The summed E-state index contributed by atoms with van der Waals surface area (Å²) < 4.78 is 25.4. The van der Waals surface area contributed by atoms with E-state index in [9.17, 15) is 8.78 Å². The standard InChI is InChI=1S/C8H8BrF2N/c9-7-2-1-5(11)3-6(7)8(12)4-10/h1-3,8H,4,12H2. The maximum Gasteiger partial charge on any atom is 0.123 e. The van der Waals surface area contributed by atoms with Crippen molar-refractivity contribution in [2.75, 3.05) is 6.67 Å². The van der Waals surface area contributed by atoms with Gasteiger partial charge in [-0.1, -0.05) is 15.9 Å². The molecule has 0 spiro atoms. The Kier molecular flexibility index (Phi) is 3.17. The van der Waals surface area contributed by atoms with E-state index in [0.29, 0.717) is 10.0 Å². The predicted octanol–water partition coefficient (Wildman–Crippen LogP) is 2.56. The van der Waals surface area contributed by atoms with Crippen LogP contribution in [0, 0.1) is 5.82 Å². The average Bonchev–Trinajstić information content (AvgIpc) is 2.08. The summed E-state index contributed by atoms with van der Waals surface area (Å²) in [6.45, 7) is -0.692. The van der Waals surface area contributed by atoms with Gasteiger partial charge in [-0.2, -0.15) is 0 Å². The summed E-state index contributed by atoms with van der Waals surface area (Å²) in [5.74, 6) is -0.405. The molecule has 0 radical (unpaired) electrons. The van der Waals surface area contributed by atoms with E-state index >= 15 is 0 Å². The number of nitrogens with two attached hydrogens (primary N) is 1. The summed E-state index contributed by atoms with van der Waals surface area (Å²) in [5, 5.41) is 0. The SMILES string of the molecule is NC(CF)c1cc(F)ccc1Br. The molecule has 0 aromatic heterocycles. The molecule has 66 valence electrons. The Morgan fingerprint density at radius 2 is 2.17 bits per heavy atom. The third kappa shape index (κ3) is 2.01. The van der Waals surface area contributed by atoms with Crippen molar-refractivity contribution in [1.29, 1.82) is 0 Å². The van der Waals surface area contributed by atoms with Gasteiger partial charge in [0.05, 0.1) is 6.04 Å². The first-order chi connectivity index (χ1) is 5.65. The summed E-state index contributed by atoms with van der Waals surface area (Å²) in [5.41, 5.74) is 5.85. The second kappa shape index (κ2) is 3.96. The van der Waals surface area contributed by atoms with E-state index in [2.05, 4.69) is 15.9 Å². The van der Waals surface area contributed by atoms with Crippen molar-refractivity contribution in [2.45, 2.75) is 6.04 Å². The van der Waals surface area contributed by atoms with E-state index in [-0.39, 0.29) is 0 Å². The van der Waals surface area contributed by atoms with Crippen LogP contribution in [0.1, 0.15) is 11.6 Å². The van der Waals surface area contributed by atoms with Crippen molar-refractivity contribution in [3.63, 3.8) is 0 Å². The van der Waals surface area contributed by atoms with Crippen molar-refractivity contribution in [3.05, 3.63) is 34.1 Å². The Morgan fingerprint density at radius 1 is 1.50 bits per heavy atom. The molecule has 0 saturated heterocycles. The molecule has 1 atom stereocenters. The number of alkyl halides is 1. The summed E-state index contributed by atoms with van der Waals surface area (Å²) >= 11 is 3.16. The van der Waals surface area contributed by atoms with Crippen LogP contribution < -0.4 is 5.73 Å². The van der Waals surface area contributed by atoms with Gasteiger partial charge in [0.2, 0.25) is 0 Å². The Balaban J connectivity index is 3.04. The third-order valence-corrected chi connectivity index (χ3v) is 2.25. The van der Waals surface area contributed by atoms with Gasteiger partial charge in [0.1, 0.15) is 12.5 Å². The van der Waals surface area contributed by atoms with Gasteiger partial charge in [-0.25, -0.2) is 8.78 Å². The van der Waals surface area contributed by atoms with Crippen LogP contribution in [0.15, 0.2) is 22.7 Å². The lowest BCUT2D eigenvalue weighted by molar-refractivity contribution is 0.435. The molecule has 4 heteroatoms. The number of benzene rings is 1. The van der Waals surface area contributed by atoms with E-state index in [0.717, 1.165) is 0 Å². The quantitative estimate of drug-likeness (QED) is 0.838. The highest BCUT2D eigenvalue weighted by atomic mass is 79.9. The summed E-state index contributed by atoms with van der Waals surface area (Å²) in [6, 6.07) is 3.28. The molecule has 1 unspecified atom stereocenters. The van der Waals surface area contributed by atoms with Crippen LogP contribution >= 0.6 is 15.9 Å². The van der Waals surface area contributed by atoms with Gasteiger partial charge in [-0.05, 0) is 23.8 Å². The molecular weight excluding hydrogens is 228 g/mol. The highest BCUT2D eigenvalue weighted by molar-refractivity contribution is 9.10. The molecule has 0 fully saturated rings. The summed E-state index contributed by atoms with van der Waals surface area (Å²) in [6.07, 6.45) is 0. The molecule has 12 heavy (non-hydrogen) atoms. The van der Waals surface area contributed by atoms with E-state index in [1.54, 1.807) is 0 Å². The van der Waals surface area contributed by atoms with Crippen LogP contribution in [0.5, 0.6) is 0 Å². The zero-order valence-corrected chi connectivity index (χ0v) is 7.81. The maximum atomic E-state index is 12.6. The number of rotatable bonds is 2. The average molecular weight is 236 g/mol. The van der Waals surface area contributed by atoms with Crippen LogP contribution in [-0.2, 0) is 0 Å². The van der Waals surface area contributed by atoms with Gasteiger partial charge in [0.25, 0.3) is 0 Å². The van der Waals surface area contributed by atoms with E-state index in [4.69, 9.17) is 5.73 Å². The minimum atomic E-state index is -0.755. The second-order valence-electron chi connectivity index (χ2n) is 2.43. The van der Waals surface area contributed by atoms with Gasteiger partial charge in [0, 0.05) is 4.47 Å². The van der Waals surface area contributed by atoms with Crippen molar-refractivity contribution >= 4 is 15.9 Å². The van der Waals surface area contributed by atoms with Crippen LogP contribution in [0.4, 0.5) is 8.78 Å². The van der Waals surface area contributed by atoms with Gasteiger partial charge in [0.15, 0.2) is 0 Å². The number of hydrogen-bond donors (Lipinski definition) is 1. The van der Waals surface area contributed by atoms with E-state index in [1.807, 2.05) is 0 Å². The smallest absolute Gasteiger partial charge is 0.123 e. The molecule has 1 nitrogen and oxygen atoms in total. The van der Waals surface area contributed by atoms with Gasteiger partial charge in [-0.3, -0.25) is 0 Å². The molecule has 1 aromatic rings. The lowest BCUT2D eigenvalue weighted by Crippen LogP contribution is -2.12. The van der Waals surface area contributed by atoms with Crippen molar-refractivity contribution < 1.29 is 8.78 Å². The fourth-order valence-corrected chi connectivity index (χ4v) is 1.42. The first kappa shape index (κ1) is 9.61. The van der Waals surface area contributed by atoms with E-state index in [1.165, 1.54) is 18.2 Å². The monoisotopic (exact) mass is 235 g/mol. The largest absolute Gasteiger partial charge is 0.322 e. The molecule has 0 aliphatic heterocycles. The first-order valence-corrected chi connectivity index (χ1v) is 4.21. The minimum Gasteiger partial charge on any atom is -0.322 e. The minimum absolute atomic E-state index is 0.405. The van der Waals surface area contributed by atoms with Crippen LogP contribution in [0.25, 0.3) is 0 Å². The maximum absolute atomic E-state index is 12.6. The lowest BCUT2D eigenvalue weighted by atomic mass is 10.1. The molecule has 0 saturated carbocycles. The molecule has 0 bridgehead atoms. The number of hydrogen-bond acceptors (Lipinski definition) is 1. The Bertz CT molecular complexity index is 278. The van der Waals surface area contributed by atoms with E-state index < -0.39 is 18.5 Å². The second-order valence-corrected chi connectivity index (χ2v) is 3.28. The highest BCUT2D eigenvalue weighted by Crippen LogP contribution is 2.23. The molecule has 2 N–H and O–H groups in total. The summed E-state index contributed by atoms with van der Waals surface area (Å²) in [7, 11) is 0. The normalized spacial score (nSPS) is 13.0.